The molecule has 34 heavy (non-hydrogen) atoms. The fourth-order valence-electron chi connectivity index (χ4n) is 4.36. The van der Waals surface area contributed by atoms with Crippen LogP contribution in [0.2, 0.25) is 0 Å². The minimum Gasteiger partial charge on any atom is -0.468 e. The lowest BCUT2D eigenvalue weighted by molar-refractivity contribution is -0.161. The smallest absolute Gasteiger partial charge is 0.418 e. The summed E-state index contributed by atoms with van der Waals surface area (Å²) in [7, 11) is 1.11. The first-order valence-electron chi connectivity index (χ1n) is 11.6. The largest absolute Gasteiger partial charge is 0.468 e. The number of nitrogens with zero attached hydrogens (tertiary/aromatic N) is 3. The van der Waals surface area contributed by atoms with E-state index in [4.69, 9.17) is 10.5 Å². The number of methoxy groups -OCH3 is 1. The highest BCUT2D eigenvalue weighted by Crippen LogP contribution is 2.38. The molecule has 1 aliphatic rings. The number of ether oxygens (including phenoxy) is 1. The molecular formula is C23H32F3N5O3. The van der Waals surface area contributed by atoms with E-state index >= 15 is 0 Å². The Balaban J connectivity index is 1.97. The fourth-order valence-corrected chi connectivity index (χ4v) is 4.36. The molecule has 8 nitrogen and oxygen atoms in total. The summed E-state index contributed by atoms with van der Waals surface area (Å²) in [5, 5.41) is 6.72. The number of halogens is 3. The van der Waals surface area contributed by atoms with Crippen molar-refractivity contribution >= 4 is 17.5 Å². The molecule has 3 heterocycles. The summed E-state index contributed by atoms with van der Waals surface area (Å²) in [5.41, 5.74) is 3.47. The van der Waals surface area contributed by atoms with Gasteiger partial charge in [0.25, 0.3) is 0 Å². The van der Waals surface area contributed by atoms with Crippen molar-refractivity contribution in [3.05, 3.63) is 29.2 Å². The molecule has 1 saturated heterocycles. The van der Waals surface area contributed by atoms with Gasteiger partial charge >= 0.3 is 12.1 Å². The fraction of sp³-hybridized carbons (Fsp3) is 0.652. The van der Waals surface area contributed by atoms with Crippen LogP contribution < -0.4 is 11.1 Å². The second kappa shape index (κ2) is 10.3. The minimum absolute atomic E-state index is 0.00339. The zero-order valence-electron chi connectivity index (χ0n) is 19.7. The highest BCUT2D eigenvalue weighted by molar-refractivity contribution is 6.03. The van der Waals surface area contributed by atoms with Crippen molar-refractivity contribution in [3.8, 4) is 0 Å². The van der Waals surface area contributed by atoms with Crippen molar-refractivity contribution in [2.45, 2.75) is 71.0 Å². The van der Waals surface area contributed by atoms with Gasteiger partial charge in [-0.3, -0.25) is 9.59 Å². The molecule has 3 unspecified atom stereocenters. The van der Waals surface area contributed by atoms with E-state index in [0.717, 1.165) is 32.4 Å². The van der Waals surface area contributed by atoms with Crippen molar-refractivity contribution in [2.24, 2.45) is 17.1 Å². The summed E-state index contributed by atoms with van der Waals surface area (Å²) in [6, 6.07) is 0.456. The molecule has 1 amide bonds. The Morgan fingerprint density at radius 3 is 2.74 bits per heavy atom. The number of esters is 1. The number of carbonyl (C=O) groups is 2. The number of aromatic nitrogens is 3. The lowest BCUT2D eigenvalue weighted by Crippen LogP contribution is -2.52. The summed E-state index contributed by atoms with van der Waals surface area (Å²) >= 11 is 0. The summed E-state index contributed by atoms with van der Waals surface area (Å²) < 4.78 is 47.9. The first-order chi connectivity index (χ1) is 16.0. The van der Waals surface area contributed by atoms with Crippen molar-refractivity contribution in [1.29, 1.82) is 0 Å². The maximum atomic E-state index is 14.0. The molecule has 2 aromatic heterocycles. The highest BCUT2D eigenvalue weighted by atomic mass is 19.4. The second-order valence-electron chi connectivity index (χ2n) is 9.13. The Bertz CT molecular complexity index is 1030. The molecule has 188 valence electrons. The van der Waals surface area contributed by atoms with Crippen LogP contribution in [-0.4, -0.2) is 40.1 Å². The van der Waals surface area contributed by atoms with Crippen LogP contribution in [0.4, 0.5) is 13.2 Å². The molecule has 2 aromatic rings. The van der Waals surface area contributed by atoms with Gasteiger partial charge < -0.3 is 15.8 Å². The van der Waals surface area contributed by atoms with Gasteiger partial charge in [0.2, 0.25) is 5.91 Å². The zero-order chi connectivity index (χ0) is 25.1. The topological polar surface area (TPSA) is 112 Å². The minimum atomic E-state index is -4.75. The van der Waals surface area contributed by atoms with Crippen LogP contribution in [0.15, 0.2) is 12.3 Å². The van der Waals surface area contributed by atoms with Gasteiger partial charge in [-0.15, -0.1) is 0 Å². The quantitative estimate of drug-likeness (QED) is 0.417. The number of fused-ring (bicyclic) bond motifs is 1. The Labute approximate surface area is 196 Å². The molecule has 3 atom stereocenters. The third-order valence-corrected chi connectivity index (χ3v) is 6.69. The number of hydrogen-bond donors (Lipinski definition) is 2. The first kappa shape index (κ1) is 25.9. The summed E-state index contributed by atoms with van der Waals surface area (Å²) in [6.45, 7) is 4.62. The Kier molecular flexibility index (Phi) is 7.84. The van der Waals surface area contributed by atoms with Gasteiger partial charge in [0.15, 0.2) is 11.1 Å². The summed E-state index contributed by atoms with van der Waals surface area (Å²) in [6.07, 6.45) is 0.341. The SMILES string of the molecule is CCC(C)CCCC(N)c1cn2nc(CC3(C(=O)OC)CCCNC3=O)c(C(F)(F)F)cc2n1. The maximum Gasteiger partial charge on any atom is 0.418 e. The Morgan fingerprint density at radius 2 is 2.12 bits per heavy atom. The number of imidazole rings is 1. The van der Waals surface area contributed by atoms with Crippen molar-refractivity contribution in [1.82, 2.24) is 19.9 Å². The van der Waals surface area contributed by atoms with Gasteiger partial charge in [0, 0.05) is 19.0 Å². The Morgan fingerprint density at radius 1 is 1.38 bits per heavy atom. The molecule has 0 bridgehead atoms. The molecule has 0 radical (unpaired) electrons. The number of amides is 1. The van der Waals surface area contributed by atoms with Crippen LogP contribution >= 0.6 is 0 Å². The highest BCUT2D eigenvalue weighted by Gasteiger charge is 2.50. The molecule has 3 N–H and O–H groups in total. The third kappa shape index (κ3) is 5.34. The molecule has 0 aliphatic carbocycles. The van der Waals surface area contributed by atoms with Crippen LogP contribution in [0.3, 0.4) is 0 Å². The van der Waals surface area contributed by atoms with Crippen LogP contribution in [0.1, 0.15) is 75.4 Å². The van der Waals surface area contributed by atoms with Gasteiger partial charge in [-0.05, 0) is 31.2 Å². The maximum absolute atomic E-state index is 14.0. The normalized spacial score (nSPS) is 20.7. The van der Waals surface area contributed by atoms with Crippen LogP contribution in [0, 0.1) is 11.3 Å². The average Bonchev–Trinajstić information content (AvgIpc) is 3.22. The van der Waals surface area contributed by atoms with E-state index in [9.17, 15) is 22.8 Å². The molecule has 0 saturated carbocycles. The molecule has 11 heteroatoms. The van der Waals surface area contributed by atoms with Crippen molar-refractivity contribution in [2.75, 3.05) is 13.7 Å². The van der Waals surface area contributed by atoms with Crippen LogP contribution in [0.5, 0.6) is 0 Å². The number of nitrogens with one attached hydrogen (secondary N) is 1. The van der Waals surface area contributed by atoms with Gasteiger partial charge in [-0.25, -0.2) is 9.50 Å². The molecule has 3 rings (SSSR count). The zero-order valence-corrected chi connectivity index (χ0v) is 19.7. The average molecular weight is 484 g/mol. The van der Waals surface area contributed by atoms with Gasteiger partial charge in [0.1, 0.15) is 0 Å². The van der Waals surface area contributed by atoms with E-state index < -0.39 is 47.2 Å². The van der Waals surface area contributed by atoms with Gasteiger partial charge in [-0.1, -0.05) is 33.1 Å². The second-order valence-corrected chi connectivity index (χ2v) is 9.13. The van der Waals surface area contributed by atoms with Crippen molar-refractivity contribution < 1.29 is 27.5 Å². The van der Waals surface area contributed by atoms with Gasteiger partial charge in [-0.2, -0.15) is 18.3 Å². The number of nitrogens with two attached hydrogens (primary N) is 1. The predicted octanol–water partition coefficient (Wildman–Crippen LogP) is 3.58. The van der Waals surface area contributed by atoms with E-state index in [1.807, 2.05) is 0 Å². The van der Waals surface area contributed by atoms with E-state index in [2.05, 4.69) is 29.2 Å². The van der Waals surface area contributed by atoms with E-state index in [0.29, 0.717) is 31.0 Å². The molecular weight excluding hydrogens is 451 g/mol. The Hall–Kier alpha value is -2.69. The van der Waals surface area contributed by atoms with E-state index in [-0.39, 0.29) is 12.1 Å². The van der Waals surface area contributed by atoms with Gasteiger partial charge in [0.05, 0.1) is 30.3 Å². The number of rotatable bonds is 9. The van der Waals surface area contributed by atoms with Crippen molar-refractivity contribution in [3.63, 3.8) is 0 Å². The molecule has 0 aromatic carbocycles. The van der Waals surface area contributed by atoms with E-state index in [1.165, 1.54) is 10.7 Å². The third-order valence-electron chi connectivity index (χ3n) is 6.69. The number of piperidine rings is 1. The molecule has 1 aliphatic heterocycles. The number of hydrogen-bond acceptors (Lipinski definition) is 6. The number of alkyl halides is 3. The van der Waals surface area contributed by atoms with Crippen LogP contribution in [-0.2, 0) is 26.9 Å². The summed E-state index contributed by atoms with van der Waals surface area (Å²) in [5.74, 6) is -0.962. The molecule has 1 fully saturated rings. The predicted molar refractivity (Wildman–Crippen MR) is 119 cm³/mol. The lowest BCUT2D eigenvalue weighted by Gasteiger charge is -2.33. The lowest BCUT2D eigenvalue weighted by atomic mass is 9.75. The summed E-state index contributed by atoms with van der Waals surface area (Å²) in [4.78, 5) is 29.5. The molecule has 0 spiro atoms. The van der Waals surface area contributed by atoms with E-state index in [1.54, 1.807) is 0 Å². The number of carbonyl (C=O) groups excluding carboxylic acids is 2. The first-order valence-corrected chi connectivity index (χ1v) is 11.6. The standard InChI is InChI=1S/C23H32F3N5O3/c1-4-14(2)7-5-8-16(27)18-13-31-19(29-18)11-15(23(24,25)26)17(30-31)12-22(21(33)34-3)9-6-10-28-20(22)32/h11,13-14,16H,4-10,12,27H2,1-3H3,(H,28,32). The van der Waals surface area contributed by atoms with Crippen LogP contribution in [0.25, 0.3) is 5.65 Å². The monoisotopic (exact) mass is 483 g/mol.